The zero-order valence-electron chi connectivity index (χ0n) is 10.4. The topological polar surface area (TPSA) is 12.0 Å². The Kier molecular flexibility index (Phi) is 3.93. The van der Waals surface area contributed by atoms with Gasteiger partial charge in [0.2, 0.25) is 0 Å². The first-order chi connectivity index (χ1) is 7.80. The van der Waals surface area contributed by atoms with Gasteiger partial charge < -0.3 is 5.32 Å². The fourth-order valence-electron chi connectivity index (χ4n) is 2.47. The molecule has 1 N–H and O–H groups in total. The van der Waals surface area contributed by atoms with E-state index >= 15 is 0 Å². The molecule has 0 bridgehead atoms. The van der Waals surface area contributed by atoms with E-state index in [-0.39, 0.29) is 0 Å². The van der Waals surface area contributed by atoms with Crippen molar-refractivity contribution in [1.29, 1.82) is 0 Å². The van der Waals surface area contributed by atoms with Crippen LogP contribution >= 0.6 is 11.8 Å². The minimum absolute atomic E-state index is 0.533. The largest absolute Gasteiger partial charge is 0.312 e. The molecule has 0 amide bonds. The van der Waals surface area contributed by atoms with Crippen molar-refractivity contribution in [2.24, 2.45) is 0 Å². The first-order valence-corrected chi connectivity index (χ1v) is 7.25. The third kappa shape index (κ3) is 2.14. The maximum Gasteiger partial charge on any atom is 0.0441 e. The van der Waals surface area contributed by atoms with Crippen molar-refractivity contribution in [2.75, 3.05) is 7.05 Å². The Morgan fingerprint density at radius 2 is 2.19 bits per heavy atom. The van der Waals surface area contributed by atoms with Crippen molar-refractivity contribution in [1.82, 2.24) is 5.32 Å². The molecule has 1 aromatic rings. The third-order valence-corrected chi connectivity index (χ3v) is 5.00. The van der Waals surface area contributed by atoms with Crippen molar-refractivity contribution in [3.63, 3.8) is 0 Å². The van der Waals surface area contributed by atoms with Crippen LogP contribution in [0.25, 0.3) is 0 Å². The quantitative estimate of drug-likeness (QED) is 0.860. The molecule has 0 radical (unpaired) electrons. The van der Waals surface area contributed by atoms with E-state index in [0.29, 0.717) is 6.04 Å². The molecule has 88 valence electrons. The number of hydrogen-bond donors (Lipinski definition) is 1. The summed E-state index contributed by atoms with van der Waals surface area (Å²) in [6.07, 6.45) is 2.37. The number of fused-ring (bicyclic) bond motifs is 1. The predicted octanol–water partition coefficient (Wildman–Crippen LogP) is 3.53. The van der Waals surface area contributed by atoms with Gasteiger partial charge in [0.05, 0.1) is 0 Å². The first kappa shape index (κ1) is 12.0. The third-order valence-electron chi connectivity index (χ3n) is 3.49. The van der Waals surface area contributed by atoms with Gasteiger partial charge in [0.1, 0.15) is 0 Å². The van der Waals surface area contributed by atoms with E-state index in [9.17, 15) is 0 Å². The van der Waals surface area contributed by atoms with Gasteiger partial charge >= 0.3 is 0 Å². The molecule has 2 atom stereocenters. The van der Waals surface area contributed by atoms with E-state index in [4.69, 9.17) is 0 Å². The smallest absolute Gasteiger partial charge is 0.0441 e. The molecule has 2 rings (SSSR count). The molecule has 2 heteroatoms. The number of hydrogen-bond acceptors (Lipinski definition) is 2. The summed E-state index contributed by atoms with van der Waals surface area (Å²) in [5.41, 5.74) is 4.51. The minimum atomic E-state index is 0.533. The van der Waals surface area contributed by atoms with Gasteiger partial charge in [0, 0.05) is 17.0 Å². The van der Waals surface area contributed by atoms with Crippen LogP contribution < -0.4 is 5.32 Å². The fraction of sp³-hybridized carbons (Fsp3) is 0.571. The van der Waals surface area contributed by atoms with E-state index in [1.807, 2.05) is 0 Å². The second-order valence-corrected chi connectivity index (χ2v) is 5.64. The number of rotatable bonds is 3. The van der Waals surface area contributed by atoms with Gasteiger partial charge in [0.25, 0.3) is 0 Å². The van der Waals surface area contributed by atoms with Crippen molar-refractivity contribution >= 4 is 11.8 Å². The van der Waals surface area contributed by atoms with E-state index in [1.54, 1.807) is 0 Å². The first-order valence-electron chi connectivity index (χ1n) is 6.20. The predicted molar refractivity (Wildman–Crippen MR) is 73.0 cm³/mol. The fourth-order valence-corrected chi connectivity index (χ4v) is 3.84. The Labute approximate surface area is 103 Å². The van der Waals surface area contributed by atoms with Crippen LogP contribution in [0.1, 0.15) is 43.0 Å². The molecule has 0 aromatic heterocycles. The van der Waals surface area contributed by atoms with Crippen LogP contribution in [-0.4, -0.2) is 12.3 Å². The molecule has 1 aliphatic rings. The van der Waals surface area contributed by atoms with Gasteiger partial charge in [0.15, 0.2) is 0 Å². The van der Waals surface area contributed by atoms with Crippen LogP contribution in [0.15, 0.2) is 18.2 Å². The standard InChI is InChI=1S/C14H21NS/c1-4-10-6-7-11-9-16-13(5-2)14(15-3)12(11)8-10/h6-8,13-15H,4-5,9H2,1-3H3. The molecular weight excluding hydrogens is 214 g/mol. The number of thioether (sulfide) groups is 1. The molecule has 0 saturated carbocycles. The Morgan fingerprint density at radius 3 is 2.81 bits per heavy atom. The highest BCUT2D eigenvalue weighted by molar-refractivity contribution is 7.99. The maximum absolute atomic E-state index is 3.49. The van der Waals surface area contributed by atoms with Crippen molar-refractivity contribution < 1.29 is 0 Å². The molecule has 0 saturated heterocycles. The van der Waals surface area contributed by atoms with Gasteiger partial charge in [-0.15, -0.1) is 0 Å². The zero-order valence-corrected chi connectivity index (χ0v) is 11.2. The highest BCUT2D eigenvalue weighted by Gasteiger charge is 2.27. The second kappa shape index (κ2) is 5.24. The summed E-state index contributed by atoms with van der Waals surface area (Å²) >= 11 is 2.09. The van der Waals surface area contributed by atoms with Crippen LogP contribution in [0.5, 0.6) is 0 Å². The van der Waals surface area contributed by atoms with Crippen LogP contribution in [0.3, 0.4) is 0 Å². The zero-order chi connectivity index (χ0) is 11.5. The lowest BCUT2D eigenvalue weighted by atomic mass is 9.94. The normalized spacial score (nSPS) is 24.2. The molecule has 0 aliphatic carbocycles. The van der Waals surface area contributed by atoms with Crippen molar-refractivity contribution in [2.45, 2.75) is 43.7 Å². The monoisotopic (exact) mass is 235 g/mol. The van der Waals surface area contributed by atoms with Gasteiger partial charge in [-0.2, -0.15) is 11.8 Å². The van der Waals surface area contributed by atoms with E-state index in [2.05, 4.69) is 56.2 Å². The molecule has 2 unspecified atom stereocenters. The Bertz CT molecular complexity index is 362. The average molecular weight is 235 g/mol. The van der Waals surface area contributed by atoms with Crippen LogP contribution in [-0.2, 0) is 12.2 Å². The Balaban J connectivity index is 2.37. The minimum Gasteiger partial charge on any atom is -0.312 e. The summed E-state index contributed by atoms with van der Waals surface area (Å²) in [5, 5.41) is 4.22. The second-order valence-electron chi connectivity index (χ2n) is 4.41. The SMILES string of the molecule is CCc1ccc2c(c1)C(NC)C(CC)SC2. The molecule has 0 spiro atoms. The highest BCUT2D eigenvalue weighted by Crippen LogP contribution is 2.39. The lowest BCUT2D eigenvalue weighted by molar-refractivity contribution is 0.546. The summed E-state index contributed by atoms with van der Waals surface area (Å²) in [6, 6.07) is 7.53. The van der Waals surface area contributed by atoms with Crippen LogP contribution in [0, 0.1) is 0 Å². The van der Waals surface area contributed by atoms with Gasteiger partial charge in [-0.3, -0.25) is 0 Å². The Morgan fingerprint density at radius 1 is 1.38 bits per heavy atom. The van der Waals surface area contributed by atoms with E-state index < -0.39 is 0 Å². The van der Waals surface area contributed by atoms with Crippen molar-refractivity contribution in [3.8, 4) is 0 Å². The summed E-state index contributed by atoms with van der Waals surface area (Å²) in [4.78, 5) is 0. The maximum atomic E-state index is 3.49. The summed E-state index contributed by atoms with van der Waals surface area (Å²) in [6.45, 7) is 4.52. The number of aryl methyl sites for hydroxylation is 1. The van der Waals surface area contributed by atoms with E-state index in [0.717, 1.165) is 11.7 Å². The summed E-state index contributed by atoms with van der Waals surface area (Å²) in [5.74, 6) is 1.18. The molecule has 0 fully saturated rings. The molecule has 1 aromatic carbocycles. The van der Waals surface area contributed by atoms with Crippen LogP contribution in [0.2, 0.25) is 0 Å². The van der Waals surface area contributed by atoms with Gasteiger partial charge in [-0.1, -0.05) is 32.0 Å². The lowest BCUT2D eigenvalue weighted by Crippen LogP contribution is -2.30. The molecule has 16 heavy (non-hydrogen) atoms. The molecule has 1 aliphatic heterocycles. The van der Waals surface area contributed by atoms with Crippen LogP contribution in [0.4, 0.5) is 0 Å². The van der Waals surface area contributed by atoms with Gasteiger partial charge in [-0.05, 0) is 36.6 Å². The molecule has 1 heterocycles. The number of benzene rings is 1. The average Bonchev–Trinajstić information content (AvgIpc) is 2.36. The Hall–Kier alpha value is -0.470. The lowest BCUT2D eigenvalue weighted by Gasteiger charge is -2.32. The highest BCUT2D eigenvalue weighted by atomic mass is 32.2. The van der Waals surface area contributed by atoms with Gasteiger partial charge in [-0.25, -0.2) is 0 Å². The number of nitrogens with one attached hydrogen (secondary N) is 1. The van der Waals surface area contributed by atoms with Crippen molar-refractivity contribution in [3.05, 3.63) is 34.9 Å². The summed E-state index contributed by atoms with van der Waals surface area (Å²) < 4.78 is 0. The van der Waals surface area contributed by atoms with E-state index in [1.165, 1.54) is 28.9 Å². The molecule has 1 nitrogen and oxygen atoms in total. The molecular formula is C14H21NS. The summed E-state index contributed by atoms with van der Waals surface area (Å²) in [7, 11) is 2.08.